The SMILES string of the molecule is NCCNc1cnon1. The van der Waals surface area contributed by atoms with Gasteiger partial charge in [-0.05, 0) is 5.16 Å². The van der Waals surface area contributed by atoms with E-state index in [1.165, 1.54) is 6.20 Å². The molecule has 0 aliphatic carbocycles. The number of nitrogens with two attached hydrogens (primary N) is 1. The lowest BCUT2D eigenvalue weighted by Gasteiger charge is -1.93. The molecule has 1 aromatic rings. The molecule has 1 aromatic heterocycles. The highest BCUT2D eigenvalue weighted by Gasteiger charge is 1.91. The Morgan fingerprint density at radius 3 is 3.22 bits per heavy atom. The van der Waals surface area contributed by atoms with Crippen LogP contribution in [0.5, 0.6) is 0 Å². The third-order valence-corrected chi connectivity index (χ3v) is 0.812. The normalized spacial score (nSPS) is 9.44. The van der Waals surface area contributed by atoms with Gasteiger partial charge in [0.05, 0.1) is 0 Å². The van der Waals surface area contributed by atoms with Crippen LogP contribution in [0.1, 0.15) is 0 Å². The van der Waals surface area contributed by atoms with Crippen molar-refractivity contribution in [2.45, 2.75) is 0 Å². The van der Waals surface area contributed by atoms with Crippen molar-refractivity contribution < 1.29 is 4.63 Å². The van der Waals surface area contributed by atoms with Gasteiger partial charge in [-0.15, -0.1) is 0 Å². The van der Waals surface area contributed by atoms with Gasteiger partial charge in [0.1, 0.15) is 6.20 Å². The summed E-state index contributed by atoms with van der Waals surface area (Å²) in [5, 5.41) is 9.77. The molecular formula is C4H8N4O. The average Bonchev–Trinajstić information content (AvgIpc) is 2.34. The molecule has 0 spiro atoms. The van der Waals surface area contributed by atoms with Gasteiger partial charge < -0.3 is 11.1 Å². The van der Waals surface area contributed by atoms with E-state index in [9.17, 15) is 0 Å². The van der Waals surface area contributed by atoms with Gasteiger partial charge in [-0.25, -0.2) is 4.63 Å². The number of hydrogen-bond acceptors (Lipinski definition) is 5. The number of rotatable bonds is 3. The lowest BCUT2D eigenvalue weighted by Crippen LogP contribution is -2.12. The zero-order valence-electron chi connectivity index (χ0n) is 4.87. The van der Waals surface area contributed by atoms with Crippen LogP contribution >= 0.6 is 0 Å². The lowest BCUT2D eigenvalue weighted by atomic mass is 10.6. The summed E-state index contributed by atoms with van der Waals surface area (Å²) in [5.41, 5.74) is 5.20. The first-order chi connectivity index (χ1) is 4.43. The van der Waals surface area contributed by atoms with Crippen LogP contribution in [-0.2, 0) is 0 Å². The molecule has 5 nitrogen and oxygen atoms in total. The second kappa shape index (κ2) is 3.03. The zero-order valence-corrected chi connectivity index (χ0v) is 4.87. The summed E-state index contributed by atoms with van der Waals surface area (Å²) in [6.07, 6.45) is 1.50. The molecule has 0 saturated carbocycles. The predicted molar refractivity (Wildman–Crippen MR) is 31.8 cm³/mol. The molecule has 0 radical (unpaired) electrons. The van der Waals surface area contributed by atoms with Crippen molar-refractivity contribution in [2.24, 2.45) is 5.73 Å². The number of nitrogens with zero attached hydrogens (tertiary/aromatic N) is 2. The summed E-state index contributed by atoms with van der Waals surface area (Å²) in [4.78, 5) is 0. The molecule has 0 aliphatic heterocycles. The molecule has 0 aromatic carbocycles. The highest BCUT2D eigenvalue weighted by atomic mass is 16.6. The van der Waals surface area contributed by atoms with Crippen molar-refractivity contribution in [3.63, 3.8) is 0 Å². The second-order valence-electron chi connectivity index (χ2n) is 1.51. The smallest absolute Gasteiger partial charge is 0.190 e. The van der Waals surface area contributed by atoms with Crippen molar-refractivity contribution in [3.05, 3.63) is 6.20 Å². The maximum atomic E-state index is 5.20. The Bertz CT molecular complexity index is 150. The largest absolute Gasteiger partial charge is 0.365 e. The fourth-order valence-electron chi connectivity index (χ4n) is 0.443. The molecule has 1 heterocycles. The molecule has 5 heteroatoms. The molecular weight excluding hydrogens is 120 g/mol. The number of anilines is 1. The van der Waals surface area contributed by atoms with E-state index in [1.54, 1.807) is 0 Å². The first-order valence-electron chi connectivity index (χ1n) is 2.65. The molecule has 0 aliphatic rings. The fraction of sp³-hybridized carbons (Fsp3) is 0.500. The van der Waals surface area contributed by atoms with Gasteiger partial charge in [-0.3, -0.25) is 0 Å². The van der Waals surface area contributed by atoms with E-state index >= 15 is 0 Å². The molecule has 9 heavy (non-hydrogen) atoms. The standard InChI is InChI=1S/C4H8N4O/c5-1-2-6-4-3-7-9-8-4/h3H,1-2,5H2,(H,6,8). The van der Waals surface area contributed by atoms with E-state index in [1.807, 2.05) is 0 Å². The van der Waals surface area contributed by atoms with Crippen LogP contribution in [0.4, 0.5) is 5.82 Å². The number of hydrogen-bond donors (Lipinski definition) is 2. The van der Waals surface area contributed by atoms with Crippen LogP contribution in [-0.4, -0.2) is 23.4 Å². The molecule has 0 amide bonds. The summed E-state index contributed by atoms with van der Waals surface area (Å²) in [6, 6.07) is 0. The Kier molecular flexibility index (Phi) is 2.03. The number of aromatic nitrogens is 2. The molecule has 0 saturated heterocycles. The van der Waals surface area contributed by atoms with E-state index in [-0.39, 0.29) is 0 Å². The quantitative estimate of drug-likeness (QED) is 0.570. The van der Waals surface area contributed by atoms with Gasteiger partial charge in [-0.1, -0.05) is 5.16 Å². The maximum absolute atomic E-state index is 5.20. The Morgan fingerprint density at radius 1 is 1.78 bits per heavy atom. The van der Waals surface area contributed by atoms with Crippen molar-refractivity contribution in [1.29, 1.82) is 0 Å². The van der Waals surface area contributed by atoms with E-state index in [0.29, 0.717) is 18.9 Å². The lowest BCUT2D eigenvalue weighted by molar-refractivity contribution is 0.308. The van der Waals surface area contributed by atoms with E-state index in [2.05, 4.69) is 20.3 Å². The third-order valence-electron chi connectivity index (χ3n) is 0.812. The minimum absolute atomic E-state index is 0.576. The Labute approximate surface area is 52.2 Å². The summed E-state index contributed by atoms with van der Waals surface area (Å²) < 4.78 is 4.31. The summed E-state index contributed by atoms with van der Waals surface area (Å²) >= 11 is 0. The Morgan fingerprint density at radius 2 is 2.67 bits per heavy atom. The first-order valence-corrected chi connectivity index (χ1v) is 2.65. The van der Waals surface area contributed by atoms with Crippen LogP contribution in [0.25, 0.3) is 0 Å². The second-order valence-corrected chi connectivity index (χ2v) is 1.51. The van der Waals surface area contributed by atoms with Crippen LogP contribution in [0.3, 0.4) is 0 Å². The topological polar surface area (TPSA) is 77.0 Å². The minimum Gasteiger partial charge on any atom is -0.365 e. The minimum atomic E-state index is 0.576. The monoisotopic (exact) mass is 128 g/mol. The van der Waals surface area contributed by atoms with E-state index in [0.717, 1.165) is 0 Å². The molecule has 0 atom stereocenters. The molecule has 3 N–H and O–H groups in total. The highest BCUT2D eigenvalue weighted by molar-refractivity contribution is 5.27. The number of nitrogens with one attached hydrogen (secondary N) is 1. The summed E-state index contributed by atoms with van der Waals surface area (Å²) in [5.74, 6) is 0.625. The molecule has 0 bridgehead atoms. The summed E-state index contributed by atoms with van der Waals surface area (Å²) in [7, 11) is 0. The molecule has 1 rings (SSSR count). The highest BCUT2D eigenvalue weighted by Crippen LogP contribution is 1.94. The Hall–Kier alpha value is -1.10. The fourth-order valence-corrected chi connectivity index (χ4v) is 0.443. The molecule has 0 fully saturated rings. The van der Waals surface area contributed by atoms with Gasteiger partial charge in [0.25, 0.3) is 0 Å². The van der Waals surface area contributed by atoms with Gasteiger partial charge in [0.2, 0.25) is 0 Å². The van der Waals surface area contributed by atoms with Crippen LogP contribution < -0.4 is 11.1 Å². The predicted octanol–water partition coefficient (Wildman–Crippen LogP) is -0.560. The van der Waals surface area contributed by atoms with Crippen molar-refractivity contribution in [2.75, 3.05) is 18.4 Å². The van der Waals surface area contributed by atoms with E-state index < -0.39 is 0 Å². The zero-order chi connectivity index (χ0) is 6.53. The third kappa shape index (κ3) is 1.69. The molecule has 50 valence electrons. The van der Waals surface area contributed by atoms with Crippen molar-refractivity contribution in [3.8, 4) is 0 Å². The maximum Gasteiger partial charge on any atom is 0.190 e. The van der Waals surface area contributed by atoms with Crippen molar-refractivity contribution >= 4 is 5.82 Å². The summed E-state index contributed by atoms with van der Waals surface area (Å²) in [6.45, 7) is 1.26. The van der Waals surface area contributed by atoms with Crippen LogP contribution in [0.2, 0.25) is 0 Å². The van der Waals surface area contributed by atoms with E-state index in [4.69, 9.17) is 5.73 Å². The van der Waals surface area contributed by atoms with Crippen molar-refractivity contribution in [1.82, 2.24) is 10.3 Å². The van der Waals surface area contributed by atoms with Gasteiger partial charge >= 0.3 is 0 Å². The van der Waals surface area contributed by atoms with Crippen LogP contribution in [0.15, 0.2) is 10.8 Å². The first kappa shape index (κ1) is 6.03. The van der Waals surface area contributed by atoms with Gasteiger partial charge in [-0.2, -0.15) is 0 Å². The van der Waals surface area contributed by atoms with Crippen LogP contribution in [0, 0.1) is 0 Å². The molecule has 0 unspecified atom stereocenters. The Balaban J connectivity index is 2.30. The van der Waals surface area contributed by atoms with Gasteiger partial charge in [0, 0.05) is 13.1 Å². The van der Waals surface area contributed by atoms with Gasteiger partial charge in [0.15, 0.2) is 5.82 Å². The average molecular weight is 128 g/mol.